The molecule has 0 saturated heterocycles. The number of rotatable bonds is 2. The van der Waals surface area contributed by atoms with Gasteiger partial charge in [-0.05, 0) is 17.5 Å². The topological polar surface area (TPSA) is 30.7 Å². The lowest BCUT2D eigenvalue weighted by Gasteiger charge is -2.11. The summed E-state index contributed by atoms with van der Waals surface area (Å²) in [5.74, 6) is 1.19. The molecule has 0 aliphatic carbocycles. The van der Waals surface area contributed by atoms with Crippen molar-refractivity contribution in [2.45, 2.75) is 5.88 Å². The number of hydrogen-bond donors (Lipinski definition) is 0. The SMILES string of the molecule is ClCc1nc2cnccc2n1-c1cccc2ccccc12. The van der Waals surface area contributed by atoms with Gasteiger partial charge in [-0.15, -0.1) is 11.6 Å². The van der Waals surface area contributed by atoms with Gasteiger partial charge >= 0.3 is 0 Å². The van der Waals surface area contributed by atoms with E-state index in [-0.39, 0.29) is 0 Å². The van der Waals surface area contributed by atoms with Crippen molar-refractivity contribution in [3.63, 3.8) is 0 Å². The summed E-state index contributed by atoms with van der Waals surface area (Å²) in [6.07, 6.45) is 3.55. The summed E-state index contributed by atoms with van der Waals surface area (Å²) in [6, 6.07) is 16.6. The Morgan fingerprint density at radius 3 is 2.76 bits per heavy atom. The number of halogens is 1. The van der Waals surface area contributed by atoms with Crippen LogP contribution in [0.4, 0.5) is 0 Å². The molecule has 102 valence electrons. The van der Waals surface area contributed by atoms with E-state index in [0.29, 0.717) is 5.88 Å². The second-order valence-electron chi connectivity index (χ2n) is 4.86. The second kappa shape index (κ2) is 4.86. The van der Waals surface area contributed by atoms with Crippen LogP contribution in [0.2, 0.25) is 0 Å². The molecular formula is C17H12ClN3. The monoisotopic (exact) mass is 293 g/mol. The van der Waals surface area contributed by atoms with Crippen molar-refractivity contribution >= 4 is 33.4 Å². The molecule has 2 aromatic heterocycles. The van der Waals surface area contributed by atoms with Crippen molar-refractivity contribution in [1.29, 1.82) is 0 Å². The van der Waals surface area contributed by atoms with Crippen molar-refractivity contribution in [2.75, 3.05) is 0 Å². The molecule has 0 aliphatic rings. The summed E-state index contributed by atoms with van der Waals surface area (Å²) < 4.78 is 2.12. The number of pyridine rings is 1. The maximum atomic E-state index is 6.10. The summed E-state index contributed by atoms with van der Waals surface area (Å²) in [5.41, 5.74) is 2.98. The minimum atomic E-state index is 0.359. The molecule has 3 nitrogen and oxygen atoms in total. The lowest BCUT2D eigenvalue weighted by Crippen LogP contribution is -2.00. The molecule has 4 rings (SSSR count). The second-order valence-corrected chi connectivity index (χ2v) is 5.13. The van der Waals surface area contributed by atoms with Crippen LogP contribution in [0.25, 0.3) is 27.5 Å². The number of nitrogens with zero attached hydrogens (tertiary/aromatic N) is 3. The third kappa shape index (κ3) is 1.89. The van der Waals surface area contributed by atoms with E-state index in [4.69, 9.17) is 11.6 Å². The van der Waals surface area contributed by atoms with E-state index in [1.54, 1.807) is 12.4 Å². The van der Waals surface area contributed by atoms with Crippen LogP contribution in [0.5, 0.6) is 0 Å². The molecule has 0 atom stereocenters. The summed E-state index contributed by atoms with van der Waals surface area (Å²) >= 11 is 6.10. The van der Waals surface area contributed by atoms with Gasteiger partial charge in [-0.25, -0.2) is 4.98 Å². The Hall–Kier alpha value is -2.39. The number of imidazole rings is 1. The van der Waals surface area contributed by atoms with Crippen LogP contribution in [0.1, 0.15) is 5.82 Å². The van der Waals surface area contributed by atoms with Gasteiger partial charge in [0, 0.05) is 11.6 Å². The predicted molar refractivity (Wildman–Crippen MR) is 85.9 cm³/mol. The highest BCUT2D eigenvalue weighted by atomic mass is 35.5. The van der Waals surface area contributed by atoms with E-state index in [9.17, 15) is 0 Å². The van der Waals surface area contributed by atoms with Crippen LogP contribution < -0.4 is 0 Å². The van der Waals surface area contributed by atoms with Crippen LogP contribution in [0, 0.1) is 0 Å². The maximum absolute atomic E-state index is 6.10. The normalized spacial score (nSPS) is 11.3. The molecule has 0 aliphatic heterocycles. The summed E-state index contributed by atoms with van der Waals surface area (Å²) in [4.78, 5) is 8.72. The Morgan fingerprint density at radius 1 is 1.00 bits per heavy atom. The lowest BCUT2D eigenvalue weighted by molar-refractivity contribution is 0.989. The number of aromatic nitrogens is 3. The first-order valence-corrected chi connectivity index (χ1v) is 7.27. The van der Waals surface area contributed by atoms with Gasteiger partial charge in [0.15, 0.2) is 0 Å². The average molecular weight is 294 g/mol. The van der Waals surface area contributed by atoms with Crippen molar-refractivity contribution in [1.82, 2.24) is 14.5 Å². The Morgan fingerprint density at radius 2 is 1.86 bits per heavy atom. The third-order valence-electron chi connectivity index (χ3n) is 3.65. The van der Waals surface area contributed by atoms with Gasteiger partial charge in [-0.2, -0.15) is 0 Å². The number of benzene rings is 2. The van der Waals surface area contributed by atoms with Gasteiger partial charge in [-0.1, -0.05) is 36.4 Å². The zero-order valence-electron chi connectivity index (χ0n) is 11.2. The molecule has 0 unspecified atom stereocenters. The number of hydrogen-bond acceptors (Lipinski definition) is 2. The van der Waals surface area contributed by atoms with Crippen LogP contribution in [0.15, 0.2) is 60.9 Å². The summed E-state index contributed by atoms with van der Waals surface area (Å²) in [7, 11) is 0. The van der Waals surface area contributed by atoms with E-state index in [1.165, 1.54) is 10.8 Å². The minimum absolute atomic E-state index is 0.359. The first-order valence-electron chi connectivity index (χ1n) is 6.74. The highest BCUT2D eigenvalue weighted by molar-refractivity contribution is 6.17. The largest absolute Gasteiger partial charge is 0.295 e. The first-order chi connectivity index (χ1) is 10.4. The van der Waals surface area contributed by atoms with E-state index in [1.807, 2.05) is 18.2 Å². The maximum Gasteiger partial charge on any atom is 0.129 e. The molecule has 0 N–H and O–H groups in total. The molecular weight excluding hydrogens is 282 g/mol. The van der Waals surface area contributed by atoms with Gasteiger partial charge in [0.25, 0.3) is 0 Å². The van der Waals surface area contributed by atoms with Gasteiger partial charge < -0.3 is 0 Å². The molecule has 4 heteroatoms. The van der Waals surface area contributed by atoms with E-state index >= 15 is 0 Å². The summed E-state index contributed by atoms with van der Waals surface area (Å²) in [5, 5.41) is 2.38. The predicted octanol–water partition coefficient (Wildman–Crippen LogP) is 4.31. The van der Waals surface area contributed by atoms with Gasteiger partial charge in [-0.3, -0.25) is 9.55 Å². The zero-order chi connectivity index (χ0) is 14.2. The van der Waals surface area contributed by atoms with Gasteiger partial charge in [0.05, 0.1) is 23.3 Å². The minimum Gasteiger partial charge on any atom is -0.295 e. The van der Waals surface area contributed by atoms with E-state index in [0.717, 1.165) is 22.5 Å². The third-order valence-corrected chi connectivity index (χ3v) is 3.89. The van der Waals surface area contributed by atoms with Crippen molar-refractivity contribution in [3.8, 4) is 5.69 Å². The molecule has 0 saturated carbocycles. The molecule has 0 radical (unpaired) electrons. The fourth-order valence-electron chi connectivity index (χ4n) is 2.74. The molecule has 2 heterocycles. The van der Waals surface area contributed by atoms with Gasteiger partial charge in [0.1, 0.15) is 11.3 Å². The molecule has 4 aromatic rings. The van der Waals surface area contributed by atoms with Crippen LogP contribution in [0.3, 0.4) is 0 Å². The quantitative estimate of drug-likeness (QED) is 0.516. The number of fused-ring (bicyclic) bond motifs is 2. The number of alkyl halides is 1. The van der Waals surface area contributed by atoms with Crippen LogP contribution in [-0.4, -0.2) is 14.5 Å². The Bertz CT molecular complexity index is 938. The van der Waals surface area contributed by atoms with E-state index < -0.39 is 0 Å². The molecule has 0 amide bonds. The van der Waals surface area contributed by atoms with Crippen molar-refractivity contribution < 1.29 is 0 Å². The Balaban J connectivity index is 2.13. The lowest BCUT2D eigenvalue weighted by atomic mass is 10.1. The Labute approximate surface area is 126 Å². The Kier molecular flexibility index (Phi) is 2.86. The first kappa shape index (κ1) is 12.4. The fourth-order valence-corrected chi connectivity index (χ4v) is 2.92. The fraction of sp³-hybridized carbons (Fsp3) is 0.0588. The van der Waals surface area contributed by atoms with Crippen molar-refractivity contribution in [2.24, 2.45) is 0 Å². The van der Waals surface area contributed by atoms with Gasteiger partial charge in [0.2, 0.25) is 0 Å². The molecule has 0 spiro atoms. The average Bonchev–Trinajstić information content (AvgIpc) is 2.92. The molecule has 2 aromatic carbocycles. The molecule has 0 fully saturated rings. The molecule has 21 heavy (non-hydrogen) atoms. The highest BCUT2D eigenvalue weighted by Crippen LogP contribution is 2.27. The highest BCUT2D eigenvalue weighted by Gasteiger charge is 2.13. The summed E-state index contributed by atoms with van der Waals surface area (Å²) in [6.45, 7) is 0. The molecule has 0 bridgehead atoms. The zero-order valence-corrected chi connectivity index (χ0v) is 12.0. The van der Waals surface area contributed by atoms with Crippen LogP contribution >= 0.6 is 11.6 Å². The van der Waals surface area contributed by atoms with Crippen molar-refractivity contribution in [3.05, 3.63) is 66.7 Å². The van der Waals surface area contributed by atoms with Crippen LogP contribution in [-0.2, 0) is 5.88 Å². The standard InChI is InChI=1S/C17H12ClN3/c18-10-17-20-14-11-19-9-8-16(14)21(17)15-7-3-5-12-4-1-2-6-13(12)15/h1-9,11H,10H2. The smallest absolute Gasteiger partial charge is 0.129 e. The van der Waals surface area contributed by atoms with E-state index in [2.05, 4.69) is 44.9 Å².